The second-order valence-electron chi connectivity index (χ2n) is 8.39. The number of carbonyl (C=O) groups is 2. The third-order valence-corrected chi connectivity index (χ3v) is 6.45. The number of rotatable bonds is 9. The maximum absolute atomic E-state index is 13.5. The van der Waals surface area contributed by atoms with Crippen molar-refractivity contribution in [2.75, 3.05) is 33.4 Å². The largest absolute Gasteiger partial charge is 0.466 e. The molecule has 0 saturated heterocycles. The van der Waals surface area contributed by atoms with Gasteiger partial charge >= 0.3 is 5.97 Å². The Morgan fingerprint density at radius 1 is 1.04 bits per heavy atom. The molecule has 0 unspecified atom stereocenters. The van der Waals surface area contributed by atoms with Crippen LogP contribution in [-0.4, -0.2) is 50.2 Å². The van der Waals surface area contributed by atoms with E-state index >= 15 is 0 Å². The second-order valence-corrected chi connectivity index (χ2v) is 8.39. The maximum Gasteiger partial charge on any atom is 0.307 e. The SMILES string of the molecule is CCOC(=O)CCN(CCCOC)C(=O)C12CC3CC(CC(C3)C1)C2. The number of hydrogen-bond donors (Lipinski definition) is 0. The highest BCUT2D eigenvalue weighted by atomic mass is 16.5. The molecule has 4 fully saturated rings. The number of carbonyl (C=O) groups excluding carboxylic acids is 2. The van der Waals surface area contributed by atoms with Gasteiger partial charge in [-0.15, -0.1) is 0 Å². The Morgan fingerprint density at radius 3 is 2.16 bits per heavy atom. The molecule has 0 aromatic carbocycles. The monoisotopic (exact) mass is 351 g/mol. The van der Waals surface area contributed by atoms with E-state index in [1.54, 1.807) is 7.11 Å². The molecule has 0 spiro atoms. The molecule has 5 heteroatoms. The predicted octanol–water partition coefficient (Wildman–Crippen LogP) is 3.02. The molecule has 142 valence electrons. The van der Waals surface area contributed by atoms with Gasteiger partial charge in [0.2, 0.25) is 5.91 Å². The Balaban J connectivity index is 1.66. The molecular weight excluding hydrogens is 318 g/mol. The lowest BCUT2D eigenvalue weighted by Crippen LogP contribution is -2.55. The van der Waals surface area contributed by atoms with Crippen LogP contribution in [0.3, 0.4) is 0 Å². The molecule has 1 amide bonds. The van der Waals surface area contributed by atoms with Crippen molar-refractivity contribution in [3.8, 4) is 0 Å². The van der Waals surface area contributed by atoms with E-state index in [1.807, 2.05) is 11.8 Å². The van der Waals surface area contributed by atoms with Crippen LogP contribution >= 0.6 is 0 Å². The third kappa shape index (κ3) is 4.18. The Morgan fingerprint density at radius 2 is 1.64 bits per heavy atom. The van der Waals surface area contributed by atoms with Crippen molar-refractivity contribution in [3.63, 3.8) is 0 Å². The van der Waals surface area contributed by atoms with Crippen LogP contribution in [-0.2, 0) is 19.1 Å². The van der Waals surface area contributed by atoms with Gasteiger partial charge in [0.1, 0.15) is 0 Å². The molecule has 4 aliphatic rings. The van der Waals surface area contributed by atoms with Gasteiger partial charge in [-0.3, -0.25) is 9.59 Å². The lowest BCUT2D eigenvalue weighted by Gasteiger charge is -2.56. The van der Waals surface area contributed by atoms with Gasteiger partial charge in [0.15, 0.2) is 0 Å². The summed E-state index contributed by atoms with van der Waals surface area (Å²) in [5, 5.41) is 0. The fourth-order valence-corrected chi connectivity index (χ4v) is 5.88. The van der Waals surface area contributed by atoms with Crippen molar-refractivity contribution in [3.05, 3.63) is 0 Å². The number of amides is 1. The number of ether oxygens (including phenoxy) is 2. The Labute approximate surface area is 151 Å². The summed E-state index contributed by atoms with van der Waals surface area (Å²) in [6, 6.07) is 0. The van der Waals surface area contributed by atoms with Gasteiger partial charge in [0.25, 0.3) is 0 Å². The molecule has 0 atom stereocenters. The summed E-state index contributed by atoms with van der Waals surface area (Å²) in [6.07, 6.45) is 8.31. The van der Waals surface area contributed by atoms with Crippen LogP contribution < -0.4 is 0 Å². The molecule has 5 nitrogen and oxygen atoms in total. The number of nitrogens with zero attached hydrogens (tertiary/aromatic N) is 1. The number of esters is 1. The first-order valence-electron chi connectivity index (χ1n) is 10.00. The molecule has 4 bridgehead atoms. The van der Waals surface area contributed by atoms with Gasteiger partial charge in [-0.05, 0) is 69.6 Å². The quantitative estimate of drug-likeness (QED) is 0.473. The van der Waals surface area contributed by atoms with Crippen molar-refractivity contribution < 1.29 is 19.1 Å². The fraction of sp³-hybridized carbons (Fsp3) is 0.900. The van der Waals surface area contributed by atoms with Gasteiger partial charge in [-0.2, -0.15) is 0 Å². The van der Waals surface area contributed by atoms with Crippen molar-refractivity contribution in [2.45, 2.75) is 58.3 Å². The third-order valence-electron chi connectivity index (χ3n) is 6.45. The minimum Gasteiger partial charge on any atom is -0.466 e. The van der Waals surface area contributed by atoms with Gasteiger partial charge in [0.05, 0.1) is 18.4 Å². The van der Waals surface area contributed by atoms with E-state index in [2.05, 4.69) is 0 Å². The average Bonchev–Trinajstić information content (AvgIpc) is 2.56. The van der Waals surface area contributed by atoms with Gasteiger partial charge in [0, 0.05) is 26.8 Å². The molecule has 4 saturated carbocycles. The van der Waals surface area contributed by atoms with E-state index in [1.165, 1.54) is 19.3 Å². The van der Waals surface area contributed by atoms with E-state index in [0.717, 1.165) is 43.4 Å². The first-order chi connectivity index (χ1) is 12.1. The zero-order valence-electron chi connectivity index (χ0n) is 15.8. The van der Waals surface area contributed by atoms with Crippen LogP contribution in [0.2, 0.25) is 0 Å². The minimum atomic E-state index is -0.211. The second kappa shape index (κ2) is 8.07. The normalized spacial score (nSPS) is 32.6. The zero-order valence-corrected chi connectivity index (χ0v) is 15.8. The Bertz CT molecular complexity index is 455. The minimum absolute atomic E-state index is 0.142. The van der Waals surface area contributed by atoms with Crippen LogP contribution in [0.5, 0.6) is 0 Å². The Kier molecular flexibility index (Phi) is 6.03. The maximum atomic E-state index is 13.5. The van der Waals surface area contributed by atoms with Crippen LogP contribution in [0.1, 0.15) is 58.3 Å². The van der Waals surface area contributed by atoms with Crippen LogP contribution in [0.15, 0.2) is 0 Å². The van der Waals surface area contributed by atoms with E-state index < -0.39 is 0 Å². The lowest BCUT2D eigenvalue weighted by atomic mass is 9.49. The van der Waals surface area contributed by atoms with E-state index in [0.29, 0.717) is 38.6 Å². The summed E-state index contributed by atoms with van der Waals surface area (Å²) in [5.41, 5.74) is -0.142. The first kappa shape index (κ1) is 18.7. The van der Waals surface area contributed by atoms with Gasteiger partial charge < -0.3 is 14.4 Å². The number of hydrogen-bond acceptors (Lipinski definition) is 4. The zero-order chi connectivity index (χ0) is 17.9. The average molecular weight is 351 g/mol. The number of methoxy groups -OCH3 is 1. The molecule has 0 heterocycles. The Hall–Kier alpha value is -1.10. The summed E-state index contributed by atoms with van der Waals surface area (Å²) in [5.74, 6) is 2.34. The van der Waals surface area contributed by atoms with E-state index in [4.69, 9.17) is 9.47 Å². The predicted molar refractivity (Wildman–Crippen MR) is 94.9 cm³/mol. The highest BCUT2D eigenvalue weighted by Crippen LogP contribution is 2.60. The van der Waals surface area contributed by atoms with Crippen molar-refractivity contribution in [2.24, 2.45) is 23.2 Å². The van der Waals surface area contributed by atoms with E-state index in [9.17, 15) is 9.59 Å². The van der Waals surface area contributed by atoms with Gasteiger partial charge in [-0.1, -0.05) is 0 Å². The highest BCUT2D eigenvalue weighted by Gasteiger charge is 2.55. The van der Waals surface area contributed by atoms with Crippen LogP contribution in [0.4, 0.5) is 0 Å². The summed E-state index contributed by atoms with van der Waals surface area (Å²) in [7, 11) is 1.68. The molecular formula is C20H33NO4. The molecule has 0 N–H and O–H groups in total. The van der Waals surface area contributed by atoms with Crippen molar-refractivity contribution in [1.82, 2.24) is 4.90 Å². The summed E-state index contributed by atoms with van der Waals surface area (Å²) in [4.78, 5) is 27.2. The summed E-state index contributed by atoms with van der Waals surface area (Å²) >= 11 is 0. The molecule has 0 aromatic heterocycles. The van der Waals surface area contributed by atoms with Gasteiger partial charge in [-0.25, -0.2) is 0 Å². The van der Waals surface area contributed by atoms with Crippen LogP contribution in [0, 0.1) is 23.2 Å². The molecule has 0 aromatic rings. The van der Waals surface area contributed by atoms with Crippen LogP contribution in [0.25, 0.3) is 0 Å². The molecule has 25 heavy (non-hydrogen) atoms. The lowest BCUT2D eigenvalue weighted by molar-refractivity contribution is -0.158. The first-order valence-corrected chi connectivity index (χ1v) is 10.00. The smallest absolute Gasteiger partial charge is 0.307 e. The standard InChI is InChI=1S/C20H33NO4/c1-3-25-18(22)5-7-21(6-4-8-24-2)19(23)20-12-15-9-16(13-20)11-17(10-15)14-20/h15-17H,3-14H2,1-2H3. The molecule has 4 rings (SSSR count). The topological polar surface area (TPSA) is 55.8 Å². The highest BCUT2D eigenvalue weighted by molar-refractivity contribution is 5.84. The molecule has 4 aliphatic carbocycles. The molecule has 0 radical (unpaired) electrons. The van der Waals surface area contributed by atoms with Crippen molar-refractivity contribution >= 4 is 11.9 Å². The molecule has 0 aliphatic heterocycles. The fourth-order valence-electron chi connectivity index (χ4n) is 5.88. The summed E-state index contributed by atoms with van der Waals surface area (Å²) < 4.78 is 10.2. The summed E-state index contributed by atoms with van der Waals surface area (Å²) in [6.45, 7) is 4.00. The van der Waals surface area contributed by atoms with Crippen molar-refractivity contribution in [1.29, 1.82) is 0 Å². The van der Waals surface area contributed by atoms with E-state index in [-0.39, 0.29) is 11.4 Å².